The van der Waals surface area contributed by atoms with Crippen LogP contribution in [0.4, 0.5) is 5.69 Å². The van der Waals surface area contributed by atoms with Gasteiger partial charge < -0.3 is 29.9 Å². The summed E-state index contributed by atoms with van der Waals surface area (Å²) >= 11 is 6.50. The minimum absolute atomic E-state index is 0.0765. The summed E-state index contributed by atoms with van der Waals surface area (Å²) in [6.45, 7) is 14.9. The van der Waals surface area contributed by atoms with Gasteiger partial charge in [-0.15, -0.1) is 0 Å². The molecule has 3 saturated heterocycles. The lowest BCUT2D eigenvalue weighted by Gasteiger charge is -2.37. The fourth-order valence-corrected chi connectivity index (χ4v) is 7.97. The van der Waals surface area contributed by atoms with Crippen LogP contribution in [0, 0.1) is 11.3 Å². The topological polar surface area (TPSA) is 75.2 Å². The number of amides is 1. The van der Waals surface area contributed by atoms with Gasteiger partial charge in [-0.2, -0.15) is 0 Å². The number of piperidine rings is 1. The number of ether oxygens (including phenoxy) is 2. The van der Waals surface area contributed by atoms with E-state index in [1.807, 2.05) is 23.1 Å². The first kappa shape index (κ1) is 31.5. The molecule has 7 nitrogen and oxygen atoms in total. The van der Waals surface area contributed by atoms with Crippen LogP contribution >= 0.6 is 11.6 Å². The Labute approximate surface area is 269 Å². The van der Waals surface area contributed by atoms with Gasteiger partial charge in [0.25, 0.3) is 5.91 Å². The Morgan fingerprint density at radius 3 is 2.25 bits per heavy atom. The van der Waals surface area contributed by atoms with Crippen molar-refractivity contribution >= 4 is 23.2 Å². The molecule has 1 atom stereocenters. The van der Waals surface area contributed by atoms with Crippen molar-refractivity contribution in [2.24, 2.45) is 11.3 Å². The molecule has 44 heavy (non-hydrogen) atoms. The predicted molar refractivity (Wildman–Crippen MR) is 176 cm³/mol. The fraction of sp³-hybridized carbons (Fsp3) is 0.639. The number of carbonyl (C=O) groups is 1. The van der Waals surface area contributed by atoms with Crippen LogP contribution in [0.3, 0.4) is 0 Å². The van der Waals surface area contributed by atoms with Crippen molar-refractivity contribution in [3.8, 4) is 11.5 Å². The molecule has 0 radical (unpaired) electrons. The van der Waals surface area contributed by atoms with E-state index in [1.54, 1.807) is 0 Å². The van der Waals surface area contributed by atoms with E-state index in [2.05, 4.69) is 54.5 Å². The molecule has 240 valence electrons. The molecule has 6 rings (SSSR count). The van der Waals surface area contributed by atoms with E-state index < -0.39 is 0 Å². The van der Waals surface area contributed by atoms with Gasteiger partial charge in [0.15, 0.2) is 6.10 Å². The summed E-state index contributed by atoms with van der Waals surface area (Å²) in [5.41, 5.74) is 3.52. The van der Waals surface area contributed by atoms with Gasteiger partial charge in [-0.1, -0.05) is 32.4 Å². The van der Waals surface area contributed by atoms with Gasteiger partial charge in [-0.05, 0) is 78.8 Å². The molecule has 1 aliphatic carbocycles. The highest BCUT2D eigenvalue weighted by Gasteiger charge is 2.33. The quantitative estimate of drug-likeness (QED) is 0.478. The molecule has 3 aliphatic heterocycles. The van der Waals surface area contributed by atoms with Crippen LogP contribution in [-0.4, -0.2) is 75.4 Å². The number of carbonyl (C=O) groups excluding carboxylic acids is 1. The number of halogens is 1. The van der Waals surface area contributed by atoms with E-state index in [9.17, 15) is 4.79 Å². The van der Waals surface area contributed by atoms with Gasteiger partial charge in [0.1, 0.15) is 24.1 Å². The third-order valence-corrected chi connectivity index (χ3v) is 10.7. The van der Waals surface area contributed by atoms with E-state index in [-0.39, 0.29) is 18.1 Å². The second-order valence-corrected chi connectivity index (χ2v) is 15.1. The summed E-state index contributed by atoms with van der Waals surface area (Å²) in [7, 11) is 0. The van der Waals surface area contributed by atoms with E-state index in [4.69, 9.17) is 21.1 Å². The lowest BCUT2D eigenvalue weighted by molar-refractivity contribution is -0.655. The number of likely N-dealkylation sites (tertiary alicyclic amines) is 1. The van der Waals surface area contributed by atoms with Crippen molar-refractivity contribution in [3.05, 3.63) is 52.5 Å². The van der Waals surface area contributed by atoms with Crippen LogP contribution in [-0.2, 0) is 0 Å². The molecule has 2 aromatic carbocycles. The molecule has 0 bridgehead atoms. The highest BCUT2D eigenvalue weighted by Crippen LogP contribution is 2.45. The second-order valence-electron chi connectivity index (χ2n) is 14.6. The smallest absolute Gasteiger partial charge is 0.253 e. The maximum absolute atomic E-state index is 13.8. The highest BCUT2D eigenvalue weighted by atomic mass is 35.5. The molecule has 1 amide bonds. The first-order valence-corrected chi connectivity index (χ1v) is 17.6. The number of piperazine rings is 1. The number of rotatable bonds is 7. The first-order valence-electron chi connectivity index (χ1n) is 17.2. The van der Waals surface area contributed by atoms with Crippen molar-refractivity contribution in [2.45, 2.75) is 83.8 Å². The van der Waals surface area contributed by atoms with Crippen LogP contribution in [0.5, 0.6) is 11.5 Å². The van der Waals surface area contributed by atoms with Crippen molar-refractivity contribution in [2.75, 3.05) is 57.3 Å². The van der Waals surface area contributed by atoms with Gasteiger partial charge in [0, 0.05) is 54.7 Å². The lowest BCUT2D eigenvalue weighted by atomic mass is 9.68. The summed E-state index contributed by atoms with van der Waals surface area (Å²) in [4.78, 5) is 18.2. The van der Waals surface area contributed by atoms with Gasteiger partial charge in [-0.3, -0.25) is 4.79 Å². The Kier molecular flexibility index (Phi) is 9.94. The Bertz CT molecular complexity index is 1270. The zero-order chi connectivity index (χ0) is 30.7. The summed E-state index contributed by atoms with van der Waals surface area (Å²) in [6, 6.07) is 12.3. The Morgan fingerprint density at radius 1 is 0.818 bits per heavy atom. The molecule has 2 aromatic rings. The van der Waals surface area contributed by atoms with Crippen molar-refractivity contribution in [1.82, 2.24) is 4.90 Å². The molecule has 8 heteroatoms. The number of anilines is 1. The van der Waals surface area contributed by atoms with Crippen LogP contribution < -0.4 is 25.0 Å². The molecule has 0 unspecified atom stereocenters. The van der Waals surface area contributed by atoms with Crippen molar-refractivity contribution in [3.63, 3.8) is 0 Å². The fourth-order valence-electron chi connectivity index (χ4n) is 7.75. The molecule has 4 aliphatic rings. The van der Waals surface area contributed by atoms with E-state index in [0.29, 0.717) is 29.4 Å². The van der Waals surface area contributed by atoms with Crippen molar-refractivity contribution in [1.29, 1.82) is 0 Å². The monoisotopic (exact) mass is 624 g/mol. The number of hydrogen-bond donors (Lipinski definition) is 2. The standard InChI is InChI=1S/C36H51ClN4O3/c1-36(2,3)27-7-4-25(5-8-27)33-20-26(6-9-34(33)44-31-10-13-39-24-31)35(42)41-16-11-30(12-17-41)43-32-22-28(37)21-29(23-32)40-18-14-38-15-19-40/h6,9,20-23,25,27,30-31,38-39H,4-5,7-8,10-19,24H2,1-3H3/p+2/t25?,27?,31-/m0/s1. The van der Waals surface area contributed by atoms with Gasteiger partial charge in [0.05, 0.1) is 32.7 Å². The third-order valence-electron chi connectivity index (χ3n) is 10.5. The van der Waals surface area contributed by atoms with Crippen LogP contribution in [0.2, 0.25) is 5.02 Å². The predicted octanol–water partition coefficient (Wildman–Crippen LogP) is 4.44. The average molecular weight is 625 g/mol. The molecule has 0 spiro atoms. The largest absolute Gasteiger partial charge is 0.490 e. The van der Waals surface area contributed by atoms with Crippen LogP contribution in [0.1, 0.15) is 87.6 Å². The SMILES string of the molecule is CC(C)(C)C1CCC(c2cc(C(=O)N3CCC(Oc4cc(Cl)cc(N5CC[NH2+]CC5)c4)CC3)ccc2O[C@H]2CC[NH2+]C2)CC1. The second kappa shape index (κ2) is 13.9. The van der Waals surface area contributed by atoms with Crippen LogP contribution in [0.25, 0.3) is 0 Å². The Hall–Kier alpha value is -2.48. The lowest BCUT2D eigenvalue weighted by Crippen LogP contribution is -2.89. The maximum atomic E-state index is 13.8. The van der Waals surface area contributed by atoms with Gasteiger partial charge >= 0.3 is 0 Å². The molecule has 0 aromatic heterocycles. The number of nitrogens with two attached hydrogens (primary N) is 2. The average Bonchev–Trinajstić information content (AvgIpc) is 3.54. The molecule has 3 heterocycles. The molecule has 4 fully saturated rings. The molecular formula is C36H53ClN4O3+2. The molecule has 4 N–H and O–H groups in total. The third kappa shape index (κ3) is 7.66. The normalized spacial score (nSPS) is 25.2. The minimum Gasteiger partial charge on any atom is -0.490 e. The molecule has 1 saturated carbocycles. The van der Waals surface area contributed by atoms with Crippen LogP contribution in [0.15, 0.2) is 36.4 Å². The van der Waals surface area contributed by atoms with Gasteiger partial charge in [-0.25, -0.2) is 0 Å². The zero-order valence-electron chi connectivity index (χ0n) is 27.0. The van der Waals surface area contributed by atoms with E-state index in [1.165, 1.54) is 18.4 Å². The summed E-state index contributed by atoms with van der Waals surface area (Å²) < 4.78 is 13.0. The Balaban J connectivity index is 1.10. The minimum atomic E-state index is 0.0765. The number of benzene rings is 2. The molecular weight excluding hydrogens is 572 g/mol. The van der Waals surface area contributed by atoms with Crippen molar-refractivity contribution < 1.29 is 24.9 Å². The first-order chi connectivity index (χ1) is 21.2. The summed E-state index contributed by atoms with van der Waals surface area (Å²) in [5.74, 6) is 3.15. The van der Waals surface area contributed by atoms with Gasteiger partial charge in [0.2, 0.25) is 0 Å². The summed E-state index contributed by atoms with van der Waals surface area (Å²) in [6.07, 6.45) is 7.85. The van der Waals surface area contributed by atoms with E-state index in [0.717, 1.165) is 100 Å². The summed E-state index contributed by atoms with van der Waals surface area (Å²) in [5, 5.41) is 5.40. The number of quaternary nitrogens is 2. The number of hydrogen-bond acceptors (Lipinski definition) is 4. The highest BCUT2D eigenvalue weighted by molar-refractivity contribution is 6.31. The maximum Gasteiger partial charge on any atom is 0.253 e. The van der Waals surface area contributed by atoms with E-state index >= 15 is 0 Å². The number of nitrogens with zero attached hydrogens (tertiary/aromatic N) is 2. The Morgan fingerprint density at radius 2 is 1.57 bits per heavy atom. The zero-order valence-corrected chi connectivity index (χ0v) is 27.8.